The largest absolute Gasteiger partial charge is 0.448 e. The van der Waals surface area contributed by atoms with Gasteiger partial charge < -0.3 is 10.1 Å². The molecular weight excluding hydrogens is 318 g/mol. The monoisotopic (exact) mass is 341 g/mol. The van der Waals surface area contributed by atoms with E-state index in [4.69, 9.17) is 4.74 Å². The SMILES string of the molecule is Cc1cnc(C(=O)O[C@H](C)C(=O)N[C@H](C)CCc2ccccc2)cn1. The van der Waals surface area contributed by atoms with E-state index in [0.717, 1.165) is 12.8 Å². The minimum absolute atomic E-state index is 0.0203. The van der Waals surface area contributed by atoms with Gasteiger partial charge in [-0.05, 0) is 39.2 Å². The molecule has 6 nitrogen and oxygen atoms in total. The summed E-state index contributed by atoms with van der Waals surface area (Å²) in [4.78, 5) is 32.1. The van der Waals surface area contributed by atoms with Crippen LogP contribution in [0.15, 0.2) is 42.7 Å². The highest BCUT2D eigenvalue weighted by molar-refractivity contribution is 5.90. The van der Waals surface area contributed by atoms with Crippen LogP contribution in [0.4, 0.5) is 0 Å². The van der Waals surface area contributed by atoms with Crippen molar-refractivity contribution in [1.82, 2.24) is 15.3 Å². The van der Waals surface area contributed by atoms with Crippen molar-refractivity contribution in [3.8, 4) is 0 Å². The number of hydrogen-bond acceptors (Lipinski definition) is 5. The first-order valence-electron chi connectivity index (χ1n) is 8.29. The highest BCUT2D eigenvalue weighted by Crippen LogP contribution is 2.06. The van der Waals surface area contributed by atoms with E-state index in [1.54, 1.807) is 13.8 Å². The van der Waals surface area contributed by atoms with Gasteiger partial charge in [-0.2, -0.15) is 0 Å². The maximum absolute atomic E-state index is 12.2. The quantitative estimate of drug-likeness (QED) is 0.783. The van der Waals surface area contributed by atoms with Crippen LogP contribution < -0.4 is 5.32 Å². The number of rotatable bonds is 7. The average molecular weight is 341 g/mol. The molecule has 1 aromatic heterocycles. The van der Waals surface area contributed by atoms with Crippen LogP contribution in [0.5, 0.6) is 0 Å². The Morgan fingerprint density at radius 2 is 1.84 bits per heavy atom. The number of carbonyl (C=O) groups is 2. The van der Waals surface area contributed by atoms with E-state index in [1.165, 1.54) is 18.0 Å². The number of hydrogen-bond donors (Lipinski definition) is 1. The summed E-state index contributed by atoms with van der Waals surface area (Å²) < 4.78 is 5.15. The molecule has 0 aliphatic rings. The number of ether oxygens (including phenoxy) is 1. The number of nitrogens with one attached hydrogen (secondary N) is 1. The molecule has 0 radical (unpaired) electrons. The summed E-state index contributed by atoms with van der Waals surface area (Å²) in [7, 11) is 0. The van der Waals surface area contributed by atoms with Gasteiger partial charge in [0.25, 0.3) is 5.91 Å². The van der Waals surface area contributed by atoms with Crippen molar-refractivity contribution < 1.29 is 14.3 Å². The second kappa shape index (κ2) is 8.92. The molecule has 0 aliphatic carbocycles. The highest BCUT2D eigenvalue weighted by Gasteiger charge is 2.21. The molecule has 0 spiro atoms. The fourth-order valence-electron chi connectivity index (χ4n) is 2.23. The maximum atomic E-state index is 12.2. The maximum Gasteiger partial charge on any atom is 0.359 e. The molecule has 0 saturated heterocycles. The van der Waals surface area contributed by atoms with Crippen molar-refractivity contribution in [1.29, 1.82) is 0 Å². The lowest BCUT2D eigenvalue weighted by Gasteiger charge is -2.18. The van der Waals surface area contributed by atoms with E-state index in [1.807, 2.05) is 25.1 Å². The molecular formula is C19H23N3O3. The summed E-state index contributed by atoms with van der Waals surface area (Å²) in [5.74, 6) is -0.985. The van der Waals surface area contributed by atoms with E-state index in [9.17, 15) is 9.59 Å². The Labute approximate surface area is 147 Å². The molecule has 25 heavy (non-hydrogen) atoms. The average Bonchev–Trinajstić information content (AvgIpc) is 2.61. The number of aryl methyl sites for hydroxylation is 2. The Kier molecular flexibility index (Phi) is 6.62. The first-order valence-corrected chi connectivity index (χ1v) is 8.29. The van der Waals surface area contributed by atoms with Crippen LogP contribution in [-0.2, 0) is 16.0 Å². The first kappa shape index (κ1) is 18.6. The summed E-state index contributed by atoms with van der Waals surface area (Å²) in [5, 5.41) is 2.86. The van der Waals surface area contributed by atoms with Crippen molar-refractivity contribution in [3.63, 3.8) is 0 Å². The van der Waals surface area contributed by atoms with Crippen molar-refractivity contribution in [2.45, 2.75) is 45.8 Å². The molecule has 6 heteroatoms. The molecule has 0 saturated carbocycles. The van der Waals surface area contributed by atoms with Crippen molar-refractivity contribution in [2.24, 2.45) is 0 Å². The van der Waals surface area contributed by atoms with Crippen molar-refractivity contribution >= 4 is 11.9 Å². The first-order chi connectivity index (χ1) is 12.0. The van der Waals surface area contributed by atoms with Gasteiger partial charge in [0.05, 0.1) is 11.9 Å². The molecule has 132 valence electrons. The minimum atomic E-state index is -0.894. The summed E-state index contributed by atoms with van der Waals surface area (Å²) in [6, 6.07) is 10.1. The fourth-order valence-corrected chi connectivity index (χ4v) is 2.23. The molecule has 2 aromatic rings. The molecule has 2 rings (SSSR count). The van der Waals surface area contributed by atoms with Crippen LogP contribution in [-0.4, -0.2) is 34.0 Å². The molecule has 1 aromatic carbocycles. The summed E-state index contributed by atoms with van der Waals surface area (Å²) >= 11 is 0. The van der Waals surface area contributed by atoms with Gasteiger partial charge in [0.15, 0.2) is 11.8 Å². The standard InChI is InChI=1S/C19H23N3O3/c1-13(9-10-16-7-5-4-6-8-16)22-18(23)15(3)25-19(24)17-12-20-14(2)11-21-17/h4-8,11-13,15H,9-10H2,1-3H3,(H,22,23)/t13-,15-/m1/s1. The van der Waals surface area contributed by atoms with E-state index in [-0.39, 0.29) is 17.6 Å². The topological polar surface area (TPSA) is 81.2 Å². The number of esters is 1. The number of nitrogens with zero attached hydrogens (tertiary/aromatic N) is 2. The van der Waals surface area contributed by atoms with Gasteiger partial charge in [-0.15, -0.1) is 0 Å². The van der Waals surface area contributed by atoms with Gasteiger partial charge in [-0.1, -0.05) is 30.3 Å². The van der Waals surface area contributed by atoms with E-state index in [0.29, 0.717) is 5.69 Å². The second-order valence-corrected chi connectivity index (χ2v) is 6.02. The lowest BCUT2D eigenvalue weighted by atomic mass is 10.1. The normalized spacial score (nSPS) is 12.9. The number of carbonyl (C=O) groups excluding carboxylic acids is 2. The van der Waals surface area contributed by atoms with Crippen LogP contribution in [0.25, 0.3) is 0 Å². The molecule has 0 bridgehead atoms. The predicted molar refractivity (Wildman–Crippen MR) is 94.0 cm³/mol. The summed E-state index contributed by atoms with van der Waals surface area (Å²) in [6.07, 6.45) is 3.60. The Morgan fingerprint density at radius 3 is 2.48 bits per heavy atom. The Morgan fingerprint density at radius 1 is 1.12 bits per heavy atom. The third-order valence-corrected chi connectivity index (χ3v) is 3.74. The molecule has 0 aliphatic heterocycles. The third kappa shape index (κ3) is 5.99. The molecule has 1 amide bonds. The fraction of sp³-hybridized carbons (Fsp3) is 0.368. The molecule has 2 atom stereocenters. The van der Waals surface area contributed by atoms with Crippen LogP contribution in [0, 0.1) is 6.92 Å². The van der Waals surface area contributed by atoms with Gasteiger partial charge in [0.2, 0.25) is 0 Å². The van der Waals surface area contributed by atoms with E-state index in [2.05, 4.69) is 27.4 Å². The third-order valence-electron chi connectivity index (χ3n) is 3.74. The van der Waals surface area contributed by atoms with Gasteiger partial charge in [0, 0.05) is 12.2 Å². The Bertz CT molecular complexity index is 702. The van der Waals surface area contributed by atoms with Gasteiger partial charge in [0.1, 0.15) is 0 Å². The lowest BCUT2D eigenvalue weighted by molar-refractivity contribution is -0.129. The highest BCUT2D eigenvalue weighted by atomic mass is 16.5. The lowest BCUT2D eigenvalue weighted by Crippen LogP contribution is -2.41. The molecule has 0 fully saturated rings. The molecule has 1 heterocycles. The van der Waals surface area contributed by atoms with Crippen LogP contribution >= 0.6 is 0 Å². The van der Waals surface area contributed by atoms with Gasteiger partial charge in [-0.3, -0.25) is 9.78 Å². The van der Waals surface area contributed by atoms with E-state index >= 15 is 0 Å². The summed E-state index contributed by atoms with van der Waals surface area (Å²) in [5.41, 5.74) is 2.01. The Hall–Kier alpha value is -2.76. The van der Waals surface area contributed by atoms with Gasteiger partial charge in [-0.25, -0.2) is 9.78 Å². The molecule has 1 N–H and O–H groups in total. The number of aromatic nitrogens is 2. The van der Waals surface area contributed by atoms with Crippen molar-refractivity contribution in [2.75, 3.05) is 0 Å². The van der Waals surface area contributed by atoms with Crippen LogP contribution in [0.2, 0.25) is 0 Å². The predicted octanol–water partition coefficient (Wildman–Crippen LogP) is 2.47. The van der Waals surface area contributed by atoms with E-state index < -0.39 is 12.1 Å². The van der Waals surface area contributed by atoms with Gasteiger partial charge >= 0.3 is 5.97 Å². The summed E-state index contributed by atoms with van der Waals surface area (Å²) in [6.45, 7) is 5.24. The van der Waals surface area contributed by atoms with Crippen LogP contribution in [0.3, 0.4) is 0 Å². The zero-order valence-corrected chi connectivity index (χ0v) is 14.7. The van der Waals surface area contributed by atoms with Crippen LogP contribution in [0.1, 0.15) is 42.0 Å². The second-order valence-electron chi connectivity index (χ2n) is 6.02. The Balaban J connectivity index is 1.79. The zero-order valence-electron chi connectivity index (χ0n) is 14.7. The number of benzene rings is 1. The minimum Gasteiger partial charge on any atom is -0.448 e. The van der Waals surface area contributed by atoms with Crippen molar-refractivity contribution in [3.05, 3.63) is 59.7 Å². The number of amides is 1. The zero-order chi connectivity index (χ0) is 18.2. The molecule has 0 unspecified atom stereocenters. The smallest absolute Gasteiger partial charge is 0.359 e.